The minimum Gasteiger partial charge on any atom is -0.462 e. The van der Waals surface area contributed by atoms with E-state index in [1.54, 1.807) is 0 Å². The van der Waals surface area contributed by atoms with E-state index in [0.717, 1.165) is 116 Å². The van der Waals surface area contributed by atoms with Crippen LogP contribution < -0.4 is 0 Å². The number of carbonyl (C=O) groups excluding carboxylic acids is 3. The fourth-order valence-electron chi connectivity index (χ4n) is 8.67. The van der Waals surface area contributed by atoms with Crippen molar-refractivity contribution in [1.29, 1.82) is 0 Å². The number of allylic oxidation sites excluding steroid dienone is 20. The van der Waals surface area contributed by atoms with E-state index in [9.17, 15) is 14.4 Å². The fraction of sp³-hybridized carbons (Fsp3) is 0.676. The van der Waals surface area contributed by atoms with Gasteiger partial charge in [-0.1, -0.05) is 284 Å². The minimum atomic E-state index is -0.806. The van der Waals surface area contributed by atoms with Crippen molar-refractivity contribution < 1.29 is 28.6 Å². The van der Waals surface area contributed by atoms with E-state index in [0.29, 0.717) is 19.3 Å². The average Bonchev–Trinajstić information content (AvgIpc) is 3.43. The van der Waals surface area contributed by atoms with Crippen molar-refractivity contribution in [3.63, 3.8) is 0 Å². The molecule has 0 bridgehead atoms. The van der Waals surface area contributed by atoms with Crippen LogP contribution in [0.3, 0.4) is 0 Å². The van der Waals surface area contributed by atoms with Crippen molar-refractivity contribution in [2.24, 2.45) is 0 Å². The van der Waals surface area contributed by atoms with E-state index in [1.165, 1.54) is 128 Å². The van der Waals surface area contributed by atoms with Crippen LogP contribution in [0.15, 0.2) is 122 Å². The molecule has 0 aromatic heterocycles. The molecular formula is C71H118O6. The number of unbranched alkanes of at least 4 members (excludes halogenated alkanes) is 26. The topological polar surface area (TPSA) is 78.9 Å². The number of hydrogen-bond acceptors (Lipinski definition) is 6. The Morgan fingerprint density at radius 3 is 0.870 bits per heavy atom. The predicted molar refractivity (Wildman–Crippen MR) is 334 cm³/mol. The number of hydrogen-bond donors (Lipinski definition) is 0. The van der Waals surface area contributed by atoms with Crippen LogP contribution in [0.4, 0.5) is 0 Å². The van der Waals surface area contributed by atoms with Crippen LogP contribution in [0.5, 0.6) is 0 Å². The van der Waals surface area contributed by atoms with Gasteiger partial charge in [0.2, 0.25) is 0 Å². The van der Waals surface area contributed by atoms with Gasteiger partial charge in [0.25, 0.3) is 0 Å². The lowest BCUT2D eigenvalue weighted by atomic mass is 10.0. The van der Waals surface area contributed by atoms with Gasteiger partial charge in [0.1, 0.15) is 13.2 Å². The molecule has 77 heavy (non-hydrogen) atoms. The monoisotopic (exact) mass is 1070 g/mol. The SMILES string of the molecule is CC/C=C\C/C=C\C/C=C\C/C=C\C/C=C\C/C=C\C/C=C\C/C=C\C/C=C\CCCC(=O)OCC(COC(=O)CCCCCCC/C=C\CCCCCC)OC(=O)CCCCCCCCCCCCCCCCCCC. The van der Waals surface area contributed by atoms with Gasteiger partial charge in [0, 0.05) is 19.3 Å². The minimum absolute atomic E-state index is 0.1000. The lowest BCUT2D eigenvalue weighted by Gasteiger charge is -2.18. The van der Waals surface area contributed by atoms with Crippen molar-refractivity contribution in [2.45, 2.75) is 297 Å². The van der Waals surface area contributed by atoms with E-state index < -0.39 is 6.10 Å². The maximum atomic E-state index is 12.9. The number of ether oxygens (including phenoxy) is 3. The van der Waals surface area contributed by atoms with Crippen LogP contribution in [0.2, 0.25) is 0 Å². The van der Waals surface area contributed by atoms with Crippen molar-refractivity contribution in [2.75, 3.05) is 13.2 Å². The molecule has 0 aliphatic carbocycles. The third-order valence-electron chi connectivity index (χ3n) is 13.5. The van der Waals surface area contributed by atoms with E-state index in [4.69, 9.17) is 14.2 Å². The molecular weight excluding hydrogens is 949 g/mol. The summed E-state index contributed by atoms with van der Waals surface area (Å²) in [5.41, 5.74) is 0. The van der Waals surface area contributed by atoms with Crippen molar-refractivity contribution in [3.8, 4) is 0 Å². The smallest absolute Gasteiger partial charge is 0.306 e. The first-order chi connectivity index (χ1) is 38.0. The summed E-state index contributed by atoms with van der Waals surface area (Å²) in [7, 11) is 0. The third-order valence-corrected chi connectivity index (χ3v) is 13.5. The molecule has 0 radical (unpaired) electrons. The highest BCUT2D eigenvalue weighted by atomic mass is 16.6. The predicted octanol–water partition coefficient (Wildman–Crippen LogP) is 22.0. The maximum Gasteiger partial charge on any atom is 0.306 e. The molecule has 1 atom stereocenters. The molecule has 0 aliphatic rings. The molecule has 0 aliphatic heterocycles. The Kier molecular flexibility index (Phi) is 60.8. The summed E-state index contributed by atoms with van der Waals surface area (Å²) in [6, 6.07) is 0. The molecule has 0 fully saturated rings. The molecule has 6 heteroatoms. The second-order valence-corrected chi connectivity index (χ2v) is 20.9. The van der Waals surface area contributed by atoms with E-state index >= 15 is 0 Å². The van der Waals surface area contributed by atoms with Crippen molar-refractivity contribution >= 4 is 17.9 Å². The van der Waals surface area contributed by atoms with Crippen LogP contribution in [0.25, 0.3) is 0 Å². The average molecular weight is 1070 g/mol. The Morgan fingerprint density at radius 2 is 0.519 bits per heavy atom. The molecule has 0 amide bonds. The third kappa shape index (κ3) is 62.5. The Bertz CT molecular complexity index is 1600. The summed E-state index contributed by atoms with van der Waals surface area (Å²) in [5, 5.41) is 0. The zero-order valence-electron chi connectivity index (χ0n) is 50.2. The largest absolute Gasteiger partial charge is 0.462 e. The molecule has 0 N–H and O–H groups in total. The van der Waals surface area contributed by atoms with Gasteiger partial charge in [0.15, 0.2) is 6.10 Å². The highest BCUT2D eigenvalue weighted by Crippen LogP contribution is 2.16. The Hall–Kier alpha value is -4.19. The van der Waals surface area contributed by atoms with Gasteiger partial charge in [-0.2, -0.15) is 0 Å². The normalized spacial score (nSPS) is 12.9. The van der Waals surface area contributed by atoms with E-state index in [1.807, 2.05) is 0 Å². The number of carbonyl (C=O) groups is 3. The quantitative estimate of drug-likeness (QED) is 0.0261. The first-order valence-electron chi connectivity index (χ1n) is 32.0. The molecule has 0 heterocycles. The van der Waals surface area contributed by atoms with Crippen molar-refractivity contribution in [1.82, 2.24) is 0 Å². The van der Waals surface area contributed by atoms with Gasteiger partial charge in [-0.3, -0.25) is 14.4 Å². The zero-order valence-corrected chi connectivity index (χ0v) is 50.2. The summed E-state index contributed by atoms with van der Waals surface area (Å²) in [4.78, 5) is 38.2. The van der Waals surface area contributed by atoms with E-state index in [-0.39, 0.29) is 37.5 Å². The molecule has 0 spiro atoms. The fourth-order valence-corrected chi connectivity index (χ4v) is 8.67. The van der Waals surface area contributed by atoms with Gasteiger partial charge in [-0.05, 0) is 109 Å². The Morgan fingerprint density at radius 1 is 0.273 bits per heavy atom. The van der Waals surface area contributed by atoms with Crippen LogP contribution >= 0.6 is 0 Å². The maximum absolute atomic E-state index is 12.9. The summed E-state index contributed by atoms with van der Waals surface area (Å²) in [5.74, 6) is -0.964. The van der Waals surface area contributed by atoms with Crippen LogP contribution in [-0.2, 0) is 28.6 Å². The van der Waals surface area contributed by atoms with Gasteiger partial charge in [0.05, 0.1) is 0 Å². The van der Waals surface area contributed by atoms with Gasteiger partial charge in [-0.15, -0.1) is 0 Å². The van der Waals surface area contributed by atoms with Gasteiger partial charge >= 0.3 is 17.9 Å². The first kappa shape index (κ1) is 72.8. The number of esters is 3. The Balaban J connectivity index is 4.42. The van der Waals surface area contributed by atoms with Crippen LogP contribution in [-0.4, -0.2) is 37.2 Å². The molecule has 6 nitrogen and oxygen atoms in total. The zero-order chi connectivity index (χ0) is 55.7. The highest BCUT2D eigenvalue weighted by molar-refractivity contribution is 5.71. The molecule has 438 valence electrons. The van der Waals surface area contributed by atoms with E-state index in [2.05, 4.69) is 142 Å². The lowest BCUT2D eigenvalue weighted by molar-refractivity contribution is -0.167. The number of rotatable bonds is 57. The Labute approximate surface area is 475 Å². The summed E-state index contributed by atoms with van der Waals surface area (Å²) >= 11 is 0. The molecule has 0 saturated carbocycles. The van der Waals surface area contributed by atoms with Gasteiger partial charge < -0.3 is 14.2 Å². The molecule has 0 rings (SSSR count). The van der Waals surface area contributed by atoms with Gasteiger partial charge in [-0.25, -0.2) is 0 Å². The molecule has 1 unspecified atom stereocenters. The summed E-state index contributed by atoms with van der Waals surface area (Å²) in [6.45, 7) is 6.47. The standard InChI is InChI=1S/C71H118O6/c1-4-7-10-13-16-19-22-25-27-29-30-31-32-33-34-35-36-37-38-39-40-42-43-46-49-52-55-58-61-64-70(73)76-67-68(66-75-69(72)63-60-57-54-51-48-45-24-21-18-15-12-9-6-3)77-71(74)65-62-59-56-53-50-47-44-41-28-26-23-20-17-14-11-8-5-2/h7,10,16,19,21,24-25,27,30-31,33-34,36-37,39-40,43,46,52,55,68H,4-6,8-9,11-15,17-18,20,22-23,26,28-29,32,35,38,41-42,44-45,47-51,53-54,56-67H2,1-3H3/b10-7-,19-16-,24-21-,27-25-,31-30-,34-33-,37-36-,40-39-,46-43-,55-52-. The second-order valence-electron chi connectivity index (χ2n) is 20.9. The van der Waals surface area contributed by atoms with Crippen LogP contribution in [0, 0.1) is 0 Å². The molecule has 0 saturated heterocycles. The second kappa shape index (κ2) is 64.3. The first-order valence-corrected chi connectivity index (χ1v) is 32.0. The van der Waals surface area contributed by atoms with Crippen molar-refractivity contribution in [3.05, 3.63) is 122 Å². The highest BCUT2D eigenvalue weighted by Gasteiger charge is 2.19. The lowest BCUT2D eigenvalue weighted by Crippen LogP contribution is -2.30. The van der Waals surface area contributed by atoms with Crippen LogP contribution in [0.1, 0.15) is 290 Å². The molecule has 0 aromatic carbocycles. The summed E-state index contributed by atoms with van der Waals surface area (Å²) in [6.07, 6.45) is 89.2. The summed E-state index contributed by atoms with van der Waals surface area (Å²) < 4.78 is 16.9. The molecule has 0 aromatic rings.